The van der Waals surface area contributed by atoms with Crippen LogP contribution in [0.3, 0.4) is 0 Å². The van der Waals surface area contributed by atoms with Gasteiger partial charge < -0.3 is 19.6 Å². The average Bonchev–Trinajstić information content (AvgIpc) is 3.29. The molecule has 4 fully saturated rings. The van der Waals surface area contributed by atoms with Crippen molar-refractivity contribution in [2.24, 2.45) is 58.2 Å². The van der Waals surface area contributed by atoms with Gasteiger partial charge in [0, 0.05) is 5.41 Å². The fourth-order valence-electron chi connectivity index (χ4n) is 10.9. The number of carbonyl (C=O) groups excluding carboxylic acids is 1. The monoisotopic (exact) mass is 657 g/mol. The van der Waals surface area contributed by atoms with Crippen LogP contribution in [0.5, 0.6) is 0 Å². The number of quaternary nitrogens is 1. The summed E-state index contributed by atoms with van der Waals surface area (Å²) in [5.74, 6) is 5.28. The summed E-state index contributed by atoms with van der Waals surface area (Å²) in [6, 6.07) is 0. The molecule has 2 N–H and O–H groups in total. The maximum absolute atomic E-state index is 13.1. The molecule has 0 aromatic heterocycles. The third kappa shape index (κ3) is 8.76. The Morgan fingerprint density at radius 1 is 0.956 bits per heavy atom. The van der Waals surface area contributed by atoms with Crippen LogP contribution in [0.1, 0.15) is 119 Å². The van der Waals surface area contributed by atoms with Crippen molar-refractivity contribution >= 4 is 13.8 Å². The van der Waals surface area contributed by atoms with Crippen molar-refractivity contribution in [1.29, 1.82) is 0 Å². The third-order valence-corrected chi connectivity index (χ3v) is 14.5. The number of fused-ring (bicyclic) bond motifs is 5. The van der Waals surface area contributed by atoms with Crippen molar-refractivity contribution in [3.05, 3.63) is 0 Å². The maximum atomic E-state index is 13.1. The molecule has 0 heterocycles. The van der Waals surface area contributed by atoms with Crippen molar-refractivity contribution in [2.75, 3.05) is 40.9 Å². The number of hydrogen-bond donors (Lipinski definition) is 1. The Morgan fingerprint density at radius 2 is 1.67 bits per heavy atom. The molecule has 0 aromatic rings. The zero-order valence-corrected chi connectivity index (χ0v) is 31.0. The van der Waals surface area contributed by atoms with Crippen LogP contribution in [0.25, 0.3) is 0 Å². The highest BCUT2D eigenvalue weighted by Crippen LogP contribution is 2.68. The van der Waals surface area contributed by atoms with E-state index in [1.54, 1.807) is 0 Å². The predicted molar refractivity (Wildman–Crippen MR) is 179 cm³/mol. The first-order chi connectivity index (χ1) is 20.5. The Morgan fingerprint density at radius 3 is 2.31 bits per heavy atom. The standard InChI is InChI=1S/C36H66NO6P.H2O/c1-10-27(25(2)3)15-14-26(4)30-18-19-31-29-17-16-28-12-11-13-33(36(28,6)32(29)20-21-35(30,31)5)43-34(38)24-42-44(39,40)41-23-22-37(7,8)9;/h25-33H,10-24H2,1-9H3;1H2/t26-,27-,28?,29+,30-,31+,32+,33?,35-,36+;/m1./s1. The number of hydrogen-bond acceptors (Lipinski definition) is 6. The Hall–Kier alpha value is -0.500. The molecule has 45 heavy (non-hydrogen) atoms. The van der Waals surface area contributed by atoms with E-state index >= 15 is 0 Å². The molecule has 0 saturated heterocycles. The SMILES string of the molecule is CC[C@H](CC[C@@H](C)[C@H]1CC[C@H]2[C@@H]3CCC4CCCC(OC(=O)COP(=O)(O)OCC[N+](C)(C)C)[C@]4(C)[C@H]3CC[C@]12C)C(C)C.[OH-]. The number of carbonyl (C=O) groups is 1. The highest BCUT2D eigenvalue weighted by atomic mass is 31.2. The Balaban J connectivity index is 0.00000552. The van der Waals surface area contributed by atoms with Gasteiger partial charge in [0.1, 0.15) is 19.3 Å². The lowest BCUT2D eigenvalue weighted by molar-refractivity contribution is -0.870. The van der Waals surface area contributed by atoms with Gasteiger partial charge in [-0.2, -0.15) is 0 Å². The van der Waals surface area contributed by atoms with Crippen LogP contribution in [0.15, 0.2) is 0 Å². The molecule has 4 saturated carbocycles. The van der Waals surface area contributed by atoms with Crippen LogP contribution in [-0.4, -0.2) is 67.8 Å². The Bertz CT molecular complexity index is 1020. The zero-order valence-electron chi connectivity index (χ0n) is 30.1. The fourth-order valence-corrected chi connectivity index (χ4v) is 11.6. The number of likely N-dealkylation sites (N-methyl/N-ethyl adjacent to an activating group) is 1. The number of nitrogens with zero attached hydrogens (tertiary/aromatic N) is 1. The summed E-state index contributed by atoms with van der Waals surface area (Å²) >= 11 is 0. The summed E-state index contributed by atoms with van der Waals surface area (Å²) < 4.78 is 29.4. The first-order valence-electron chi connectivity index (χ1n) is 18.1. The molecule has 264 valence electrons. The van der Waals surface area contributed by atoms with E-state index in [1.165, 1.54) is 64.2 Å². The summed E-state index contributed by atoms with van der Waals surface area (Å²) in [6.07, 6.45) is 14.8. The summed E-state index contributed by atoms with van der Waals surface area (Å²) in [4.78, 5) is 23.2. The molecule has 0 radical (unpaired) electrons. The van der Waals surface area contributed by atoms with Gasteiger partial charge in [0.2, 0.25) is 0 Å². The lowest BCUT2D eigenvalue weighted by Gasteiger charge is -2.62. The molecule has 4 rings (SSSR count). The summed E-state index contributed by atoms with van der Waals surface area (Å²) in [5.41, 5.74) is 0.379. The minimum absolute atomic E-state index is 0. The van der Waals surface area contributed by atoms with Gasteiger partial charge in [0.05, 0.1) is 21.1 Å². The molecular weight excluding hydrogens is 589 g/mol. The lowest BCUT2D eigenvalue weighted by atomic mass is 9.44. The van der Waals surface area contributed by atoms with E-state index in [0.29, 0.717) is 34.2 Å². The number of ether oxygens (including phenoxy) is 1. The first-order valence-corrected chi connectivity index (χ1v) is 19.6. The number of rotatable bonds is 14. The van der Waals surface area contributed by atoms with Crippen LogP contribution in [0.2, 0.25) is 0 Å². The second-order valence-electron chi connectivity index (χ2n) is 17.2. The van der Waals surface area contributed by atoms with Crippen molar-refractivity contribution < 1.29 is 38.0 Å². The van der Waals surface area contributed by atoms with Gasteiger partial charge in [-0.05, 0) is 117 Å². The lowest BCUT2D eigenvalue weighted by Crippen LogP contribution is -2.58. The van der Waals surface area contributed by atoms with Gasteiger partial charge in [0.15, 0.2) is 6.61 Å². The van der Waals surface area contributed by atoms with Gasteiger partial charge in [-0.25, -0.2) is 9.36 Å². The van der Waals surface area contributed by atoms with E-state index in [0.717, 1.165) is 42.4 Å². The quantitative estimate of drug-likeness (QED) is 0.114. The zero-order chi connectivity index (χ0) is 32.5. The van der Waals surface area contributed by atoms with Crippen LogP contribution in [-0.2, 0) is 23.1 Å². The molecule has 4 aliphatic carbocycles. The Kier molecular flexibility index (Phi) is 13.3. The van der Waals surface area contributed by atoms with E-state index < -0.39 is 20.4 Å². The van der Waals surface area contributed by atoms with E-state index in [4.69, 9.17) is 13.8 Å². The minimum Gasteiger partial charge on any atom is -0.870 e. The van der Waals surface area contributed by atoms with Gasteiger partial charge in [-0.15, -0.1) is 0 Å². The van der Waals surface area contributed by atoms with Crippen LogP contribution >= 0.6 is 7.82 Å². The number of phosphoric ester groups is 1. The molecule has 3 unspecified atom stereocenters. The molecule has 0 bridgehead atoms. The topological polar surface area (TPSA) is 112 Å². The summed E-state index contributed by atoms with van der Waals surface area (Å²) in [6.45, 7) is 14.8. The first kappa shape index (κ1) is 38.9. The second kappa shape index (κ2) is 15.4. The molecule has 0 spiro atoms. The second-order valence-corrected chi connectivity index (χ2v) is 18.7. The van der Waals surface area contributed by atoms with Crippen molar-refractivity contribution in [3.8, 4) is 0 Å². The van der Waals surface area contributed by atoms with Crippen LogP contribution in [0, 0.1) is 58.2 Å². The van der Waals surface area contributed by atoms with E-state index in [1.807, 2.05) is 21.1 Å². The highest BCUT2D eigenvalue weighted by Gasteiger charge is 2.62. The molecule has 11 atom stereocenters. The normalized spacial score (nSPS) is 37.4. The van der Waals surface area contributed by atoms with Crippen LogP contribution in [0.4, 0.5) is 0 Å². The molecular formula is C36H68NO7P. The molecule has 0 amide bonds. The predicted octanol–water partition coefficient (Wildman–Crippen LogP) is 8.32. The molecule has 0 aliphatic heterocycles. The molecule has 4 aliphatic rings. The summed E-state index contributed by atoms with van der Waals surface area (Å²) in [5, 5.41) is 0. The number of phosphoric acid groups is 1. The van der Waals surface area contributed by atoms with Crippen molar-refractivity contribution in [2.45, 2.75) is 125 Å². The Labute approximate surface area is 275 Å². The molecule has 8 nitrogen and oxygen atoms in total. The molecule has 9 heteroatoms. The average molecular weight is 658 g/mol. The number of esters is 1. The van der Waals surface area contributed by atoms with Gasteiger partial charge in [-0.1, -0.05) is 54.4 Å². The largest absolute Gasteiger partial charge is 0.870 e. The van der Waals surface area contributed by atoms with Crippen molar-refractivity contribution in [3.63, 3.8) is 0 Å². The van der Waals surface area contributed by atoms with Gasteiger partial charge >= 0.3 is 13.8 Å². The third-order valence-electron chi connectivity index (χ3n) is 13.5. The van der Waals surface area contributed by atoms with E-state index in [-0.39, 0.29) is 23.6 Å². The smallest absolute Gasteiger partial charge is 0.472 e. The van der Waals surface area contributed by atoms with E-state index in [9.17, 15) is 14.3 Å². The van der Waals surface area contributed by atoms with Gasteiger partial charge in [-0.3, -0.25) is 9.05 Å². The van der Waals surface area contributed by atoms with Crippen molar-refractivity contribution in [1.82, 2.24) is 0 Å². The summed E-state index contributed by atoms with van der Waals surface area (Å²) in [7, 11) is 1.62. The highest BCUT2D eigenvalue weighted by molar-refractivity contribution is 7.47. The minimum atomic E-state index is -4.32. The van der Waals surface area contributed by atoms with E-state index in [2.05, 4.69) is 41.5 Å². The van der Waals surface area contributed by atoms with Crippen LogP contribution < -0.4 is 0 Å². The molecule has 0 aromatic carbocycles. The fraction of sp³-hybridized carbons (Fsp3) is 0.972. The van der Waals surface area contributed by atoms with Gasteiger partial charge in [0.25, 0.3) is 0 Å². The maximum Gasteiger partial charge on any atom is 0.472 e.